The summed E-state index contributed by atoms with van der Waals surface area (Å²) in [6.45, 7) is 13.4. The molecule has 0 unspecified atom stereocenters. The fourth-order valence-corrected chi connectivity index (χ4v) is 2.00. The SMILES string of the molecule is C=CCc1ccccc1[O-].C=CCc1ccccc1[O-].C[C-](C)C.[C-]1=CC=CC1.[Zr+4]. The number of hydrogen-bond donors (Lipinski definition) is 0. The van der Waals surface area contributed by atoms with Gasteiger partial charge < -0.3 is 16.1 Å². The molecule has 0 bridgehead atoms. The Morgan fingerprint density at radius 3 is 1.50 bits per heavy atom. The Kier molecular flexibility index (Phi) is 20.2. The van der Waals surface area contributed by atoms with Crippen molar-refractivity contribution in [3.63, 3.8) is 0 Å². The molecular weight excluding hydrogens is 448 g/mol. The van der Waals surface area contributed by atoms with Crippen molar-refractivity contribution in [2.24, 2.45) is 0 Å². The van der Waals surface area contributed by atoms with E-state index in [-0.39, 0.29) is 37.7 Å². The van der Waals surface area contributed by atoms with E-state index < -0.39 is 0 Å². The van der Waals surface area contributed by atoms with Crippen molar-refractivity contribution in [1.82, 2.24) is 0 Å². The van der Waals surface area contributed by atoms with Crippen molar-refractivity contribution >= 4 is 0 Å². The summed E-state index contributed by atoms with van der Waals surface area (Å²) in [5.74, 6) is 1.62. The van der Waals surface area contributed by atoms with Crippen LogP contribution in [0.2, 0.25) is 0 Å². The quantitative estimate of drug-likeness (QED) is 0.405. The second-order valence-electron chi connectivity index (χ2n) is 6.70. The molecule has 0 N–H and O–H groups in total. The molecule has 0 spiro atoms. The number of allylic oxidation sites excluding steroid dienone is 6. The topological polar surface area (TPSA) is 46.1 Å². The van der Waals surface area contributed by atoms with Gasteiger partial charge in [0, 0.05) is 0 Å². The fourth-order valence-electron chi connectivity index (χ4n) is 2.00. The molecule has 3 heteroatoms. The Morgan fingerprint density at radius 2 is 1.27 bits per heavy atom. The predicted molar refractivity (Wildman–Crippen MR) is 121 cm³/mol. The molecule has 1 aliphatic rings. The second kappa shape index (κ2) is 20.2. The zero-order chi connectivity index (χ0) is 21.9. The predicted octanol–water partition coefficient (Wildman–Crippen LogP) is 5.90. The molecule has 0 heterocycles. The molecule has 3 rings (SSSR count). The maximum Gasteiger partial charge on any atom is 4.00 e. The molecular formula is C27H32O2Zr. The summed E-state index contributed by atoms with van der Waals surface area (Å²) in [6.07, 6.45) is 14.8. The van der Waals surface area contributed by atoms with E-state index >= 15 is 0 Å². The minimum Gasteiger partial charge on any atom is -0.872 e. The molecule has 1 aliphatic carbocycles. The van der Waals surface area contributed by atoms with Gasteiger partial charge in [0.2, 0.25) is 0 Å². The Hall–Kier alpha value is -2.12. The van der Waals surface area contributed by atoms with Gasteiger partial charge in [0.15, 0.2) is 0 Å². The van der Waals surface area contributed by atoms with Gasteiger partial charge in [-0.05, 0) is 12.8 Å². The molecule has 0 amide bonds. The normalized spacial score (nSPS) is 10.3. The first-order valence-corrected chi connectivity index (χ1v) is 9.62. The third-order valence-electron chi connectivity index (χ3n) is 3.26. The average molecular weight is 480 g/mol. The summed E-state index contributed by atoms with van der Waals surface area (Å²) < 4.78 is 0. The molecule has 0 atom stereocenters. The van der Waals surface area contributed by atoms with E-state index in [1.807, 2.05) is 36.4 Å². The summed E-state index contributed by atoms with van der Waals surface area (Å²) in [6, 6.07) is 14.0. The third kappa shape index (κ3) is 16.8. The zero-order valence-corrected chi connectivity index (χ0v) is 20.8. The molecule has 0 aliphatic heterocycles. The Bertz CT molecular complexity index is 697. The molecule has 0 saturated heterocycles. The fraction of sp³-hybridized carbons (Fsp3) is 0.222. The van der Waals surface area contributed by atoms with E-state index in [1.54, 1.807) is 36.4 Å². The van der Waals surface area contributed by atoms with E-state index in [0.29, 0.717) is 12.8 Å². The first kappa shape index (κ1) is 30.1. The van der Waals surface area contributed by atoms with Crippen LogP contribution in [0.25, 0.3) is 0 Å². The Labute approximate surface area is 202 Å². The van der Waals surface area contributed by atoms with Gasteiger partial charge >= 0.3 is 26.2 Å². The van der Waals surface area contributed by atoms with Crippen LogP contribution in [0.4, 0.5) is 0 Å². The van der Waals surface area contributed by atoms with E-state index in [0.717, 1.165) is 17.5 Å². The van der Waals surface area contributed by atoms with Crippen LogP contribution in [0.15, 0.2) is 92.1 Å². The van der Waals surface area contributed by atoms with Crippen molar-refractivity contribution in [3.8, 4) is 11.5 Å². The maximum atomic E-state index is 11.0. The Morgan fingerprint density at radius 1 is 0.867 bits per heavy atom. The van der Waals surface area contributed by atoms with Crippen molar-refractivity contribution in [2.75, 3.05) is 0 Å². The molecule has 2 aromatic rings. The summed E-state index contributed by atoms with van der Waals surface area (Å²) in [4.78, 5) is 0. The van der Waals surface area contributed by atoms with Crippen LogP contribution in [-0.4, -0.2) is 0 Å². The van der Waals surface area contributed by atoms with E-state index in [2.05, 4.69) is 46.1 Å². The van der Waals surface area contributed by atoms with Crippen LogP contribution >= 0.6 is 0 Å². The van der Waals surface area contributed by atoms with Gasteiger partial charge in [-0.2, -0.15) is 26.8 Å². The largest absolute Gasteiger partial charge is 4.00 e. The van der Waals surface area contributed by atoms with Crippen molar-refractivity contribution in [3.05, 3.63) is 115 Å². The van der Waals surface area contributed by atoms with Gasteiger partial charge in [0.05, 0.1) is 0 Å². The number of benzene rings is 2. The molecule has 0 radical (unpaired) electrons. The van der Waals surface area contributed by atoms with Crippen LogP contribution in [0, 0.1) is 12.0 Å². The van der Waals surface area contributed by atoms with E-state index in [4.69, 9.17) is 0 Å². The first-order chi connectivity index (χ1) is 13.9. The van der Waals surface area contributed by atoms with E-state index in [1.165, 1.54) is 5.92 Å². The monoisotopic (exact) mass is 478 g/mol. The van der Waals surface area contributed by atoms with Gasteiger partial charge in [-0.25, -0.2) is 12.2 Å². The van der Waals surface area contributed by atoms with Gasteiger partial charge in [0.1, 0.15) is 0 Å². The number of hydrogen-bond acceptors (Lipinski definition) is 2. The molecule has 0 fully saturated rings. The number of para-hydroxylation sites is 2. The second-order valence-corrected chi connectivity index (χ2v) is 6.70. The summed E-state index contributed by atoms with van der Waals surface area (Å²) in [7, 11) is 0. The third-order valence-corrected chi connectivity index (χ3v) is 3.26. The van der Waals surface area contributed by atoms with Crippen LogP contribution in [0.5, 0.6) is 11.5 Å². The molecule has 156 valence electrons. The average Bonchev–Trinajstić information content (AvgIpc) is 3.26. The maximum absolute atomic E-state index is 11.0. The summed E-state index contributed by atoms with van der Waals surface area (Å²) in [5.41, 5.74) is 1.63. The van der Waals surface area contributed by atoms with Gasteiger partial charge in [-0.3, -0.25) is 6.08 Å². The van der Waals surface area contributed by atoms with Crippen molar-refractivity contribution in [2.45, 2.75) is 40.0 Å². The summed E-state index contributed by atoms with van der Waals surface area (Å²) >= 11 is 0. The molecule has 30 heavy (non-hydrogen) atoms. The Balaban J connectivity index is 0. The van der Waals surface area contributed by atoms with E-state index in [9.17, 15) is 10.2 Å². The molecule has 2 nitrogen and oxygen atoms in total. The van der Waals surface area contributed by atoms with Gasteiger partial charge in [-0.15, -0.1) is 31.1 Å². The minimum absolute atomic E-state index is 0. The van der Waals surface area contributed by atoms with Crippen LogP contribution in [0.3, 0.4) is 0 Å². The van der Waals surface area contributed by atoms with Crippen molar-refractivity contribution in [1.29, 1.82) is 0 Å². The first-order valence-electron chi connectivity index (χ1n) is 9.62. The van der Waals surface area contributed by atoms with Gasteiger partial charge in [-0.1, -0.05) is 71.8 Å². The number of rotatable bonds is 4. The minimum atomic E-state index is 0. The van der Waals surface area contributed by atoms with Crippen molar-refractivity contribution < 1.29 is 36.4 Å². The smallest absolute Gasteiger partial charge is 0.872 e. The zero-order valence-electron chi connectivity index (χ0n) is 18.4. The molecule has 0 aromatic heterocycles. The molecule has 0 saturated carbocycles. The van der Waals surface area contributed by atoms with Crippen LogP contribution < -0.4 is 10.2 Å². The summed E-state index contributed by atoms with van der Waals surface area (Å²) in [5, 5.41) is 21.9. The van der Waals surface area contributed by atoms with Crippen LogP contribution in [0.1, 0.15) is 38.3 Å². The van der Waals surface area contributed by atoms with Crippen LogP contribution in [-0.2, 0) is 39.0 Å². The standard InChI is InChI=1S/2C9H10O.C5H5.C4H9.Zr/c2*1-2-5-8-6-3-4-7-9(8)10;1-2-4-5-3-1;1-4(2)3;/h2*2-4,6-7,10H,1,5H2;1-3H,4H2;1-3H3;/q;;2*-1;+4/p-2. The van der Waals surface area contributed by atoms with Gasteiger partial charge in [0.25, 0.3) is 0 Å². The molecule has 2 aromatic carbocycles.